The molecule has 0 radical (unpaired) electrons. The second-order valence-electron chi connectivity index (χ2n) is 4.93. The molecule has 0 atom stereocenters. The SMILES string of the molecule is COc1cc(NC(=O)Cn2nc(C)c(Cl)c2C)ccc1OC(F)F. The van der Waals surface area contributed by atoms with Gasteiger partial charge in [0.05, 0.1) is 23.5 Å². The number of benzene rings is 1. The Hall–Kier alpha value is -2.35. The maximum absolute atomic E-state index is 12.3. The Bertz CT molecular complexity index is 750. The Balaban J connectivity index is 2.09. The van der Waals surface area contributed by atoms with Gasteiger partial charge in [-0.05, 0) is 26.0 Å². The van der Waals surface area contributed by atoms with Crippen molar-refractivity contribution in [2.45, 2.75) is 27.0 Å². The van der Waals surface area contributed by atoms with E-state index in [0.29, 0.717) is 22.1 Å². The molecule has 1 aromatic heterocycles. The first-order chi connectivity index (χ1) is 11.3. The number of nitrogens with one attached hydrogen (secondary N) is 1. The summed E-state index contributed by atoms with van der Waals surface area (Å²) in [6.45, 7) is 0.512. The molecule has 0 aliphatic carbocycles. The van der Waals surface area contributed by atoms with Crippen LogP contribution in [-0.2, 0) is 11.3 Å². The number of nitrogens with zero attached hydrogens (tertiary/aromatic N) is 2. The highest BCUT2D eigenvalue weighted by Crippen LogP contribution is 2.31. The van der Waals surface area contributed by atoms with Crippen LogP contribution in [0.4, 0.5) is 14.5 Å². The Labute approximate surface area is 142 Å². The molecule has 0 fully saturated rings. The zero-order chi connectivity index (χ0) is 17.9. The van der Waals surface area contributed by atoms with E-state index < -0.39 is 6.61 Å². The summed E-state index contributed by atoms with van der Waals surface area (Å²) in [4.78, 5) is 12.1. The molecule has 0 saturated heterocycles. The fourth-order valence-electron chi connectivity index (χ4n) is 2.10. The smallest absolute Gasteiger partial charge is 0.387 e. The Morgan fingerprint density at radius 3 is 2.62 bits per heavy atom. The number of halogens is 3. The van der Waals surface area contributed by atoms with E-state index in [1.54, 1.807) is 13.8 Å². The van der Waals surface area contributed by atoms with Gasteiger partial charge in [0, 0.05) is 11.8 Å². The number of rotatable bonds is 6. The molecule has 0 spiro atoms. The molecule has 2 aromatic rings. The molecule has 0 aliphatic rings. The Morgan fingerprint density at radius 1 is 1.38 bits per heavy atom. The van der Waals surface area contributed by atoms with Gasteiger partial charge < -0.3 is 14.8 Å². The van der Waals surface area contributed by atoms with Gasteiger partial charge in [0.2, 0.25) is 5.91 Å². The quantitative estimate of drug-likeness (QED) is 0.858. The number of methoxy groups -OCH3 is 1. The van der Waals surface area contributed by atoms with Crippen molar-refractivity contribution < 1.29 is 23.0 Å². The summed E-state index contributed by atoms with van der Waals surface area (Å²) in [5.41, 5.74) is 1.70. The van der Waals surface area contributed by atoms with Gasteiger partial charge >= 0.3 is 6.61 Å². The summed E-state index contributed by atoms with van der Waals surface area (Å²) in [5.74, 6) is -0.375. The van der Waals surface area contributed by atoms with Crippen molar-refractivity contribution in [1.29, 1.82) is 0 Å². The Morgan fingerprint density at radius 2 is 2.08 bits per heavy atom. The van der Waals surface area contributed by atoms with Crippen LogP contribution in [0.15, 0.2) is 18.2 Å². The van der Waals surface area contributed by atoms with Gasteiger partial charge in [-0.3, -0.25) is 9.48 Å². The number of aryl methyl sites for hydroxylation is 1. The molecule has 130 valence electrons. The lowest BCUT2D eigenvalue weighted by molar-refractivity contribution is -0.116. The number of alkyl halides is 2. The highest BCUT2D eigenvalue weighted by molar-refractivity contribution is 6.31. The molecular weight excluding hydrogens is 344 g/mol. The van der Waals surface area contributed by atoms with Gasteiger partial charge in [0.1, 0.15) is 6.54 Å². The first-order valence-electron chi connectivity index (χ1n) is 6.94. The van der Waals surface area contributed by atoms with Gasteiger partial charge in [0.15, 0.2) is 11.5 Å². The average molecular weight is 360 g/mol. The maximum Gasteiger partial charge on any atom is 0.387 e. The highest BCUT2D eigenvalue weighted by Gasteiger charge is 2.14. The first kappa shape index (κ1) is 18.0. The maximum atomic E-state index is 12.3. The van der Waals surface area contributed by atoms with Crippen molar-refractivity contribution in [1.82, 2.24) is 9.78 Å². The van der Waals surface area contributed by atoms with Crippen LogP contribution in [0.5, 0.6) is 11.5 Å². The number of carbonyl (C=O) groups is 1. The molecule has 0 bridgehead atoms. The van der Waals surface area contributed by atoms with E-state index in [2.05, 4.69) is 15.2 Å². The minimum absolute atomic E-state index is 0.0308. The molecule has 1 heterocycles. The fraction of sp³-hybridized carbons (Fsp3) is 0.333. The normalized spacial score (nSPS) is 10.8. The molecule has 24 heavy (non-hydrogen) atoms. The highest BCUT2D eigenvalue weighted by atomic mass is 35.5. The Kier molecular flexibility index (Phi) is 5.61. The third-order valence-electron chi connectivity index (χ3n) is 3.25. The monoisotopic (exact) mass is 359 g/mol. The summed E-state index contributed by atoms with van der Waals surface area (Å²) in [5, 5.41) is 7.32. The second-order valence-corrected chi connectivity index (χ2v) is 5.31. The number of ether oxygens (including phenoxy) is 2. The second kappa shape index (κ2) is 7.48. The van der Waals surface area contributed by atoms with E-state index in [4.69, 9.17) is 16.3 Å². The van der Waals surface area contributed by atoms with Crippen molar-refractivity contribution in [2.24, 2.45) is 0 Å². The van der Waals surface area contributed by atoms with Gasteiger partial charge in [-0.15, -0.1) is 0 Å². The molecule has 9 heteroatoms. The zero-order valence-corrected chi connectivity index (χ0v) is 14.0. The van der Waals surface area contributed by atoms with Gasteiger partial charge in [-0.2, -0.15) is 13.9 Å². The topological polar surface area (TPSA) is 65.4 Å². The molecular formula is C15H16ClF2N3O3. The van der Waals surface area contributed by atoms with E-state index in [-0.39, 0.29) is 24.0 Å². The van der Waals surface area contributed by atoms with Crippen LogP contribution in [0.3, 0.4) is 0 Å². The van der Waals surface area contributed by atoms with Crippen molar-refractivity contribution in [3.63, 3.8) is 0 Å². The van der Waals surface area contributed by atoms with Crippen molar-refractivity contribution in [2.75, 3.05) is 12.4 Å². The van der Waals surface area contributed by atoms with E-state index in [0.717, 1.165) is 0 Å². The molecule has 1 amide bonds. The average Bonchev–Trinajstić information content (AvgIpc) is 2.75. The molecule has 0 aliphatic heterocycles. The van der Waals surface area contributed by atoms with Crippen LogP contribution in [0.1, 0.15) is 11.4 Å². The van der Waals surface area contributed by atoms with Crippen LogP contribution in [0.25, 0.3) is 0 Å². The minimum atomic E-state index is -2.96. The first-order valence-corrected chi connectivity index (χ1v) is 7.31. The summed E-state index contributed by atoms with van der Waals surface area (Å²) >= 11 is 6.03. The fourth-order valence-corrected chi connectivity index (χ4v) is 2.24. The van der Waals surface area contributed by atoms with E-state index >= 15 is 0 Å². The number of hydrogen-bond donors (Lipinski definition) is 1. The summed E-state index contributed by atoms with van der Waals surface area (Å²) in [7, 11) is 1.32. The minimum Gasteiger partial charge on any atom is -0.493 e. The van der Waals surface area contributed by atoms with Crippen LogP contribution in [-0.4, -0.2) is 29.4 Å². The lowest BCUT2D eigenvalue weighted by Crippen LogP contribution is -2.20. The summed E-state index contributed by atoms with van der Waals surface area (Å²) in [6, 6.07) is 4.12. The van der Waals surface area contributed by atoms with Crippen molar-refractivity contribution in [3.05, 3.63) is 34.6 Å². The standard InChI is InChI=1S/C15H16ClF2N3O3/c1-8-14(16)9(2)21(20-8)7-13(22)19-10-4-5-11(24-15(17)18)12(6-10)23-3/h4-6,15H,7H2,1-3H3,(H,19,22). The molecule has 0 unspecified atom stereocenters. The third kappa shape index (κ3) is 4.14. The number of hydrogen-bond acceptors (Lipinski definition) is 4. The predicted molar refractivity (Wildman–Crippen MR) is 85.0 cm³/mol. The third-order valence-corrected chi connectivity index (χ3v) is 3.80. The van der Waals surface area contributed by atoms with E-state index in [1.165, 1.54) is 30.0 Å². The lowest BCUT2D eigenvalue weighted by atomic mass is 10.2. The van der Waals surface area contributed by atoms with Crippen LogP contribution in [0.2, 0.25) is 5.02 Å². The van der Waals surface area contributed by atoms with Crippen molar-refractivity contribution >= 4 is 23.2 Å². The largest absolute Gasteiger partial charge is 0.493 e. The van der Waals surface area contributed by atoms with Gasteiger partial charge in [-0.25, -0.2) is 0 Å². The molecule has 6 nitrogen and oxygen atoms in total. The summed E-state index contributed by atoms with van der Waals surface area (Å²) < 4.78 is 35.4. The lowest BCUT2D eigenvalue weighted by Gasteiger charge is -2.12. The number of anilines is 1. The molecule has 1 aromatic carbocycles. The van der Waals surface area contributed by atoms with E-state index in [9.17, 15) is 13.6 Å². The van der Waals surface area contributed by atoms with E-state index in [1.807, 2.05) is 0 Å². The molecule has 1 N–H and O–H groups in total. The zero-order valence-electron chi connectivity index (χ0n) is 13.3. The number of amides is 1. The number of carbonyl (C=O) groups excluding carboxylic acids is 1. The van der Waals surface area contributed by atoms with Crippen LogP contribution in [0, 0.1) is 13.8 Å². The summed E-state index contributed by atoms with van der Waals surface area (Å²) in [6.07, 6.45) is 0. The predicted octanol–water partition coefficient (Wildman–Crippen LogP) is 3.40. The van der Waals surface area contributed by atoms with Crippen LogP contribution >= 0.6 is 11.6 Å². The molecule has 2 rings (SSSR count). The van der Waals surface area contributed by atoms with Gasteiger partial charge in [-0.1, -0.05) is 11.6 Å². The molecule has 0 saturated carbocycles. The number of aromatic nitrogens is 2. The van der Waals surface area contributed by atoms with Crippen LogP contribution < -0.4 is 14.8 Å². The van der Waals surface area contributed by atoms with Gasteiger partial charge in [0.25, 0.3) is 0 Å². The van der Waals surface area contributed by atoms with Crippen molar-refractivity contribution in [3.8, 4) is 11.5 Å².